The summed E-state index contributed by atoms with van der Waals surface area (Å²) in [6.07, 6.45) is 0.457. The maximum atomic E-state index is 12.3. The summed E-state index contributed by atoms with van der Waals surface area (Å²) in [5, 5.41) is 7.66. The van der Waals surface area contributed by atoms with Crippen molar-refractivity contribution in [2.75, 3.05) is 6.54 Å². The van der Waals surface area contributed by atoms with E-state index in [0.29, 0.717) is 6.42 Å². The van der Waals surface area contributed by atoms with Gasteiger partial charge in [-0.2, -0.15) is 13.2 Å². The van der Waals surface area contributed by atoms with Crippen molar-refractivity contribution >= 4 is 27.7 Å². The van der Waals surface area contributed by atoms with E-state index in [-0.39, 0.29) is 33.7 Å². The summed E-state index contributed by atoms with van der Waals surface area (Å²) in [7, 11) is -3.75. The van der Waals surface area contributed by atoms with Gasteiger partial charge in [-0.05, 0) is 60.1 Å². The first-order valence-corrected chi connectivity index (χ1v) is 9.67. The number of thioether (sulfide) groups is 1. The molecule has 2 aromatic carbocycles. The first-order valence-electron chi connectivity index (χ1n) is 7.30. The van der Waals surface area contributed by atoms with E-state index in [1.54, 1.807) is 12.1 Å². The van der Waals surface area contributed by atoms with E-state index >= 15 is 0 Å². The number of carbonyl (C=O) groups is 1. The summed E-state index contributed by atoms with van der Waals surface area (Å²) in [5.41, 5.74) is -3.32. The van der Waals surface area contributed by atoms with Gasteiger partial charge in [-0.25, -0.2) is 13.6 Å². The highest BCUT2D eigenvalue weighted by Gasteiger charge is 2.29. The van der Waals surface area contributed by atoms with Crippen LogP contribution in [-0.4, -0.2) is 26.4 Å². The number of sulfonamides is 1. The third kappa shape index (κ3) is 6.36. The quantitative estimate of drug-likeness (QED) is 0.725. The van der Waals surface area contributed by atoms with Crippen molar-refractivity contribution in [2.24, 2.45) is 5.14 Å². The number of alkyl halides is 3. The zero-order valence-electron chi connectivity index (χ0n) is 13.3. The fraction of sp³-hybridized carbons (Fsp3) is 0.188. The Balaban J connectivity index is 1.87. The van der Waals surface area contributed by atoms with Crippen LogP contribution < -0.4 is 10.5 Å². The number of nitrogens with two attached hydrogens (primary N) is 1. The van der Waals surface area contributed by atoms with Crippen LogP contribution in [0.3, 0.4) is 0 Å². The van der Waals surface area contributed by atoms with Crippen LogP contribution in [0.1, 0.15) is 15.9 Å². The van der Waals surface area contributed by atoms with Gasteiger partial charge in [0, 0.05) is 17.0 Å². The zero-order valence-corrected chi connectivity index (χ0v) is 14.9. The van der Waals surface area contributed by atoms with Gasteiger partial charge in [0.25, 0.3) is 5.91 Å². The van der Waals surface area contributed by atoms with Gasteiger partial charge < -0.3 is 5.32 Å². The average Bonchev–Trinajstić information content (AvgIpc) is 2.53. The number of benzene rings is 2. The lowest BCUT2D eigenvalue weighted by atomic mass is 10.1. The van der Waals surface area contributed by atoms with E-state index in [2.05, 4.69) is 5.32 Å². The number of halogens is 3. The minimum Gasteiger partial charge on any atom is -0.352 e. The maximum absolute atomic E-state index is 12.3. The SMILES string of the molecule is NS(=O)(=O)c1ccc(CCNC(=O)c2ccc(SC(F)(F)F)cc2)cc1. The van der Waals surface area contributed by atoms with Gasteiger partial charge in [0.05, 0.1) is 4.90 Å². The number of primary sulfonamides is 1. The molecule has 0 aliphatic carbocycles. The van der Waals surface area contributed by atoms with Gasteiger partial charge in [-0.1, -0.05) is 12.1 Å². The molecule has 0 aliphatic rings. The van der Waals surface area contributed by atoms with Crippen molar-refractivity contribution in [3.8, 4) is 0 Å². The molecule has 2 aromatic rings. The molecule has 0 fully saturated rings. The van der Waals surface area contributed by atoms with Gasteiger partial charge in [0.2, 0.25) is 10.0 Å². The lowest BCUT2D eigenvalue weighted by molar-refractivity contribution is -0.0328. The number of carbonyl (C=O) groups excluding carboxylic acids is 1. The summed E-state index contributed by atoms with van der Waals surface area (Å²) < 4.78 is 59.1. The third-order valence-corrected chi connectivity index (χ3v) is 4.97. The Kier molecular flexibility index (Phi) is 6.32. The van der Waals surface area contributed by atoms with Crippen LogP contribution in [0.2, 0.25) is 0 Å². The van der Waals surface area contributed by atoms with Crippen LogP contribution in [0.15, 0.2) is 58.3 Å². The molecule has 1 amide bonds. The molecule has 10 heteroatoms. The molecule has 0 saturated heterocycles. The van der Waals surface area contributed by atoms with E-state index < -0.39 is 21.4 Å². The first-order chi connectivity index (χ1) is 12.0. The fourth-order valence-electron chi connectivity index (χ4n) is 2.08. The van der Waals surface area contributed by atoms with Crippen LogP contribution in [0.25, 0.3) is 0 Å². The lowest BCUT2D eigenvalue weighted by Gasteiger charge is -2.08. The lowest BCUT2D eigenvalue weighted by Crippen LogP contribution is -2.25. The van der Waals surface area contributed by atoms with E-state index in [0.717, 1.165) is 5.56 Å². The van der Waals surface area contributed by atoms with Gasteiger partial charge in [-0.15, -0.1) is 0 Å². The molecule has 0 radical (unpaired) electrons. The van der Waals surface area contributed by atoms with E-state index in [9.17, 15) is 26.4 Å². The Labute approximate surface area is 152 Å². The molecule has 140 valence electrons. The number of hydrogen-bond donors (Lipinski definition) is 2. The Morgan fingerprint density at radius 3 is 2.12 bits per heavy atom. The van der Waals surface area contributed by atoms with Gasteiger partial charge in [0.1, 0.15) is 0 Å². The number of nitrogens with one attached hydrogen (secondary N) is 1. The molecule has 3 N–H and O–H groups in total. The molecule has 0 heterocycles. The highest BCUT2D eigenvalue weighted by molar-refractivity contribution is 8.00. The van der Waals surface area contributed by atoms with Crippen LogP contribution >= 0.6 is 11.8 Å². The molecule has 0 aliphatic heterocycles. The fourth-order valence-corrected chi connectivity index (χ4v) is 3.13. The molecule has 0 atom stereocenters. The molecule has 0 aromatic heterocycles. The van der Waals surface area contributed by atoms with E-state index in [1.165, 1.54) is 36.4 Å². The standard InChI is InChI=1S/C16H15F3N2O3S2/c17-16(18,19)25-13-5-3-12(4-6-13)15(22)21-10-9-11-1-7-14(8-2-11)26(20,23)24/h1-8H,9-10H2,(H,21,22)(H2,20,23,24). The smallest absolute Gasteiger partial charge is 0.352 e. The Morgan fingerprint density at radius 2 is 1.62 bits per heavy atom. The molecule has 0 saturated carbocycles. The van der Waals surface area contributed by atoms with Crippen LogP contribution in [0.4, 0.5) is 13.2 Å². The minimum absolute atomic E-state index is 0.00195. The molecule has 0 spiro atoms. The Hall–Kier alpha value is -2.04. The minimum atomic E-state index is -4.37. The van der Waals surface area contributed by atoms with Gasteiger partial charge >= 0.3 is 5.51 Å². The Morgan fingerprint density at radius 1 is 1.04 bits per heavy atom. The molecule has 2 rings (SSSR count). The Bertz CT molecular complexity index is 865. The predicted octanol–water partition coefficient (Wildman–Crippen LogP) is 2.92. The van der Waals surface area contributed by atoms with Crippen molar-refractivity contribution in [3.05, 3.63) is 59.7 Å². The number of hydrogen-bond acceptors (Lipinski definition) is 4. The number of rotatable bonds is 6. The number of amides is 1. The summed E-state index contributed by atoms with van der Waals surface area (Å²) in [4.78, 5) is 12.0. The van der Waals surface area contributed by atoms with Gasteiger partial charge in [0.15, 0.2) is 0 Å². The first kappa shape index (κ1) is 20.3. The van der Waals surface area contributed by atoms with Gasteiger partial charge in [-0.3, -0.25) is 4.79 Å². The highest BCUT2D eigenvalue weighted by Crippen LogP contribution is 2.36. The molecule has 26 heavy (non-hydrogen) atoms. The molecule has 0 unspecified atom stereocenters. The largest absolute Gasteiger partial charge is 0.446 e. The van der Waals surface area contributed by atoms with Crippen LogP contribution in [0, 0.1) is 0 Å². The second-order valence-electron chi connectivity index (χ2n) is 5.27. The van der Waals surface area contributed by atoms with Crippen LogP contribution in [0.5, 0.6) is 0 Å². The van der Waals surface area contributed by atoms with E-state index in [1.807, 2.05) is 0 Å². The summed E-state index contributed by atoms with van der Waals surface area (Å²) in [5.74, 6) is -0.408. The topological polar surface area (TPSA) is 89.3 Å². The van der Waals surface area contributed by atoms with Crippen molar-refractivity contribution in [1.82, 2.24) is 5.32 Å². The normalized spacial score (nSPS) is 12.0. The van der Waals surface area contributed by atoms with Crippen molar-refractivity contribution in [3.63, 3.8) is 0 Å². The van der Waals surface area contributed by atoms with Crippen molar-refractivity contribution in [1.29, 1.82) is 0 Å². The summed E-state index contributed by atoms with van der Waals surface area (Å²) >= 11 is -0.244. The summed E-state index contributed by atoms with van der Waals surface area (Å²) in [6, 6.07) is 11.1. The molecule has 0 bridgehead atoms. The maximum Gasteiger partial charge on any atom is 0.446 e. The molecular weight excluding hydrogens is 389 g/mol. The summed E-state index contributed by atoms with van der Waals surface area (Å²) in [6.45, 7) is 0.284. The van der Waals surface area contributed by atoms with Crippen LogP contribution in [-0.2, 0) is 16.4 Å². The second-order valence-corrected chi connectivity index (χ2v) is 7.97. The predicted molar refractivity (Wildman–Crippen MR) is 92.2 cm³/mol. The molecular formula is C16H15F3N2O3S2. The highest BCUT2D eigenvalue weighted by atomic mass is 32.2. The van der Waals surface area contributed by atoms with Crippen molar-refractivity contribution < 1.29 is 26.4 Å². The second kappa shape index (κ2) is 8.11. The third-order valence-electron chi connectivity index (χ3n) is 3.30. The monoisotopic (exact) mass is 404 g/mol. The zero-order chi connectivity index (χ0) is 19.4. The average molecular weight is 404 g/mol. The van der Waals surface area contributed by atoms with E-state index in [4.69, 9.17) is 5.14 Å². The molecule has 5 nitrogen and oxygen atoms in total. The van der Waals surface area contributed by atoms with Crippen molar-refractivity contribution in [2.45, 2.75) is 21.7 Å².